The summed E-state index contributed by atoms with van der Waals surface area (Å²) in [5.74, 6) is 2.06. The van der Waals surface area contributed by atoms with Gasteiger partial charge in [-0.1, -0.05) is 35.1 Å². The van der Waals surface area contributed by atoms with Crippen LogP contribution in [0.1, 0.15) is 13.3 Å². The summed E-state index contributed by atoms with van der Waals surface area (Å²) in [7, 11) is 3.65. The number of nitrogens with one attached hydrogen (secondary N) is 1. The van der Waals surface area contributed by atoms with E-state index in [-0.39, 0.29) is 5.91 Å². The van der Waals surface area contributed by atoms with Gasteiger partial charge < -0.3 is 5.32 Å². The molecule has 1 amide bonds. The first-order valence-corrected chi connectivity index (χ1v) is 6.44. The van der Waals surface area contributed by atoms with E-state index in [4.69, 9.17) is 0 Å². The topological polar surface area (TPSA) is 29.1 Å². The van der Waals surface area contributed by atoms with Gasteiger partial charge in [-0.25, -0.2) is 0 Å². The van der Waals surface area contributed by atoms with Gasteiger partial charge in [0.2, 0.25) is 5.91 Å². The first-order chi connectivity index (χ1) is 5.81. The summed E-state index contributed by atoms with van der Waals surface area (Å²) < 4.78 is 0. The molecule has 0 aliphatic carbocycles. The number of hydrogen-bond donors (Lipinski definition) is 1. The zero-order valence-corrected chi connectivity index (χ0v) is 8.97. The van der Waals surface area contributed by atoms with Crippen LogP contribution in [0.25, 0.3) is 0 Å². The molecule has 70 valence electrons. The van der Waals surface area contributed by atoms with Gasteiger partial charge in [-0.3, -0.25) is 4.79 Å². The summed E-state index contributed by atoms with van der Waals surface area (Å²) in [5, 5.41) is 2.72. The first kappa shape index (κ1) is 11.9. The van der Waals surface area contributed by atoms with Gasteiger partial charge in [0.15, 0.2) is 0 Å². The lowest BCUT2D eigenvalue weighted by Gasteiger charge is -2.00. The Balaban J connectivity index is 3.00. The molecule has 0 aromatic carbocycles. The van der Waals surface area contributed by atoms with Gasteiger partial charge in [-0.05, 0) is 12.5 Å². The van der Waals surface area contributed by atoms with E-state index < -0.39 is 0 Å². The van der Waals surface area contributed by atoms with E-state index in [0.29, 0.717) is 0 Å². The fourth-order valence-electron chi connectivity index (χ4n) is 0.489. The summed E-state index contributed by atoms with van der Waals surface area (Å²) in [6, 6.07) is 0. The molecule has 0 saturated heterocycles. The maximum absolute atomic E-state index is 10.7. The van der Waals surface area contributed by atoms with Gasteiger partial charge in [-0.15, -0.1) is 0 Å². The van der Waals surface area contributed by atoms with Gasteiger partial charge in [-0.2, -0.15) is 0 Å². The third-order valence-corrected chi connectivity index (χ3v) is 3.65. The lowest BCUT2D eigenvalue weighted by molar-refractivity contribution is -0.116. The lowest BCUT2D eigenvalue weighted by atomic mass is 10.6. The van der Waals surface area contributed by atoms with Crippen molar-refractivity contribution in [2.24, 2.45) is 0 Å². The van der Waals surface area contributed by atoms with Crippen LogP contribution in [-0.2, 0) is 4.79 Å². The van der Waals surface area contributed by atoms with Crippen molar-refractivity contribution in [2.45, 2.75) is 13.3 Å². The molecule has 12 heavy (non-hydrogen) atoms. The molecule has 2 nitrogen and oxygen atoms in total. The predicted octanol–water partition coefficient (Wildman–Crippen LogP) is 2.08. The Morgan fingerprint density at radius 3 is 2.75 bits per heavy atom. The van der Waals surface area contributed by atoms with Crippen LogP contribution in [0.4, 0.5) is 0 Å². The average molecular weight is 205 g/mol. The molecule has 0 spiro atoms. The Kier molecular flexibility index (Phi) is 8.93. The monoisotopic (exact) mass is 205 g/mol. The molecule has 0 fully saturated rings. The quantitative estimate of drug-likeness (QED) is 0.392. The second-order valence-electron chi connectivity index (χ2n) is 2.14. The first-order valence-electron chi connectivity index (χ1n) is 3.96. The summed E-state index contributed by atoms with van der Waals surface area (Å²) in [6.45, 7) is 6.25. The second-order valence-corrected chi connectivity index (χ2v) is 4.84. The maximum atomic E-state index is 10.7. The van der Waals surface area contributed by atoms with Crippen molar-refractivity contribution >= 4 is 27.5 Å². The largest absolute Gasteiger partial charge is 0.352 e. The van der Waals surface area contributed by atoms with Gasteiger partial charge in [0.1, 0.15) is 0 Å². The minimum Gasteiger partial charge on any atom is -0.352 e. The Morgan fingerprint density at radius 1 is 1.50 bits per heavy atom. The fraction of sp³-hybridized carbons (Fsp3) is 0.625. The highest BCUT2D eigenvalue weighted by atomic mass is 33.1. The molecular weight excluding hydrogens is 190 g/mol. The van der Waals surface area contributed by atoms with Crippen LogP contribution in [0.15, 0.2) is 12.7 Å². The van der Waals surface area contributed by atoms with Crippen molar-refractivity contribution < 1.29 is 4.79 Å². The Hall–Kier alpha value is -0.0900. The van der Waals surface area contributed by atoms with E-state index >= 15 is 0 Å². The van der Waals surface area contributed by atoms with Crippen LogP contribution in [0.2, 0.25) is 0 Å². The van der Waals surface area contributed by atoms with Crippen molar-refractivity contribution in [1.82, 2.24) is 5.32 Å². The molecule has 0 heterocycles. The molecule has 4 heteroatoms. The molecule has 0 rings (SSSR count). The zero-order chi connectivity index (χ0) is 9.23. The molecule has 0 unspecified atom stereocenters. The second kappa shape index (κ2) is 9.00. The number of carbonyl (C=O) groups is 1. The summed E-state index contributed by atoms with van der Waals surface area (Å²) >= 11 is 0. The fourth-order valence-corrected chi connectivity index (χ4v) is 2.53. The van der Waals surface area contributed by atoms with Crippen LogP contribution in [0.5, 0.6) is 0 Å². The standard InChI is InChI=1S/C8H15NOS2/c1-3-6-11-12-7-5-9-8(10)4-2/h4H,2-3,5-7H2,1H3,(H,9,10). The summed E-state index contributed by atoms with van der Waals surface area (Å²) in [4.78, 5) is 10.7. The summed E-state index contributed by atoms with van der Waals surface area (Å²) in [5.41, 5.74) is 0. The van der Waals surface area contributed by atoms with Gasteiger partial charge in [0.25, 0.3) is 0 Å². The van der Waals surface area contributed by atoms with Gasteiger partial charge >= 0.3 is 0 Å². The van der Waals surface area contributed by atoms with E-state index in [1.807, 2.05) is 10.8 Å². The number of hydrogen-bond acceptors (Lipinski definition) is 3. The van der Waals surface area contributed by atoms with Crippen LogP contribution >= 0.6 is 21.6 Å². The highest BCUT2D eigenvalue weighted by Gasteiger charge is 1.92. The minimum atomic E-state index is -0.0870. The average Bonchev–Trinajstić information content (AvgIpc) is 2.10. The Morgan fingerprint density at radius 2 is 2.17 bits per heavy atom. The van der Waals surface area contributed by atoms with Crippen molar-refractivity contribution in [1.29, 1.82) is 0 Å². The van der Waals surface area contributed by atoms with Crippen LogP contribution in [-0.4, -0.2) is 24.0 Å². The van der Waals surface area contributed by atoms with E-state index in [0.717, 1.165) is 12.3 Å². The third kappa shape index (κ3) is 8.01. The summed E-state index contributed by atoms with van der Waals surface area (Å²) in [6.07, 6.45) is 2.50. The molecule has 0 atom stereocenters. The lowest BCUT2D eigenvalue weighted by Crippen LogP contribution is -2.22. The van der Waals surface area contributed by atoms with Gasteiger partial charge in [0, 0.05) is 18.1 Å². The molecular formula is C8H15NOS2. The van der Waals surface area contributed by atoms with E-state index in [9.17, 15) is 4.79 Å². The molecule has 0 aliphatic heterocycles. The van der Waals surface area contributed by atoms with E-state index in [1.165, 1.54) is 18.2 Å². The molecule has 0 radical (unpaired) electrons. The van der Waals surface area contributed by atoms with Crippen LogP contribution in [0, 0.1) is 0 Å². The van der Waals surface area contributed by atoms with E-state index in [1.54, 1.807) is 10.8 Å². The molecule has 0 aliphatic rings. The number of carbonyl (C=O) groups excluding carboxylic acids is 1. The van der Waals surface area contributed by atoms with Crippen LogP contribution in [0.3, 0.4) is 0 Å². The van der Waals surface area contributed by atoms with Crippen LogP contribution < -0.4 is 5.32 Å². The van der Waals surface area contributed by atoms with Crippen molar-refractivity contribution in [3.63, 3.8) is 0 Å². The Bertz CT molecular complexity index is 139. The minimum absolute atomic E-state index is 0.0870. The highest BCUT2D eigenvalue weighted by Crippen LogP contribution is 2.20. The van der Waals surface area contributed by atoms with Gasteiger partial charge in [0.05, 0.1) is 0 Å². The third-order valence-electron chi connectivity index (χ3n) is 1.04. The molecule has 0 saturated carbocycles. The molecule has 0 aromatic rings. The van der Waals surface area contributed by atoms with Crippen molar-refractivity contribution in [3.8, 4) is 0 Å². The number of rotatable bonds is 7. The smallest absolute Gasteiger partial charge is 0.243 e. The maximum Gasteiger partial charge on any atom is 0.243 e. The predicted molar refractivity (Wildman–Crippen MR) is 58.4 cm³/mol. The van der Waals surface area contributed by atoms with Crippen molar-refractivity contribution in [2.75, 3.05) is 18.1 Å². The molecule has 0 aromatic heterocycles. The molecule has 1 N–H and O–H groups in total. The Labute approximate surface area is 82.0 Å². The highest BCUT2D eigenvalue weighted by molar-refractivity contribution is 8.76. The zero-order valence-electron chi connectivity index (χ0n) is 7.34. The normalized spacial score (nSPS) is 9.42. The van der Waals surface area contributed by atoms with E-state index in [2.05, 4.69) is 18.8 Å². The van der Waals surface area contributed by atoms with Crippen molar-refractivity contribution in [3.05, 3.63) is 12.7 Å². The number of amides is 1. The SMILES string of the molecule is C=CC(=O)NCCSSCCC. The molecule has 0 bridgehead atoms.